The summed E-state index contributed by atoms with van der Waals surface area (Å²) in [6, 6.07) is 7.31. The maximum atomic E-state index is 11.5. The van der Waals surface area contributed by atoms with Crippen LogP contribution in [0, 0.1) is 0 Å². The second-order valence-corrected chi connectivity index (χ2v) is 6.11. The number of rotatable bonds is 4. The molecule has 0 aromatic heterocycles. The van der Waals surface area contributed by atoms with Gasteiger partial charge in [0.15, 0.2) is 5.96 Å². The summed E-state index contributed by atoms with van der Waals surface area (Å²) >= 11 is 5.93. The third-order valence-electron chi connectivity index (χ3n) is 3.89. The average Bonchev–Trinajstić information content (AvgIpc) is 2.54. The van der Waals surface area contributed by atoms with Gasteiger partial charge in [0.1, 0.15) is 0 Å². The maximum absolute atomic E-state index is 11.5. The number of aliphatic hydroxyl groups is 1. The zero-order valence-electron chi connectivity index (χ0n) is 13.4. The van der Waals surface area contributed by atoms with Crippen LogP contribution < -0.4 is 10.6 Å². The van der Waals surface area contributed by atoms with Gasteiger partial charge in [-0.3, -0.25) is 9.79 Å². The van der Waals surface area contributed by atoms with E-state index in [-0.39, 0.29) is 11.9 Å². The highest BCUT2D eigenvalue weighted by Crippen LogP contribution is 2.17. The molecule has 1 heterocycles. The lowest BCUT2D eigenvalue weighted by atomic mass is 10.1. The van der Waals surface area contributed by atoms with Crippen molar-refractivity contribution in [1.29, 1.82) is 0 Å². The second kappa shape index (κ2) is 8.17. The van der Waals surface area contributed by atoms with E-state index in [1.54, 1.807) is 31.1 Å². The number of piperidine rings is 1. The van der Waals surface area contributed by atoms with Crippen LogP contribution in [0.1, 0.15) is 24.5 Å². The van der Waals surface area contributed by atoms with Crippen molar-refractivity contribution in [2.24, 2.45) is 4.99 Å². The quantitative estimate of drug-likeness (QED) is 0.569. The molecule has 0 bridgehead atoms. The molecule has 7 heteroatoms. The molecule has 1 aromatic rings. The number of nitrogens with one attached hydrogen (secondary N) is 2. The highest BCUT2D eigenvalue weighted by Gasteiger charge is 2.23. The standard InChI is InChI=1S/C16H23ClN4O2/c1-18-16(20-13-6-7-15(23)21(2)10-13)19-9-14(22)11-4-3-5-12(17)8-11/h3-5,8,13-14,22H,6-7,9-10H2,1-2H3,(H2,18,19,20). The SMILES string of the molecule is CN=C(NCC(O)c1cccc(Cl)c1)NC1CCC(=O)N(C)C1. The molecule has 0 aliphatic carbocycles. The fourth-order valence-corrected chi connectivity index (χ4v) is 2.74. The molecule has 1 aromatic carbocycles. The van der Waals surface area contributed by atoms with Gasteiger partial charge in [-0.25, -0.2) is 0 Å². The van der Waals surface area contributed by atoms with Gasteiger partial charge in [-0.05, 0) is 24.1 Å². The van der Waals surface area contributed by atoms with Crippen molar-refractivity contribution in [1.82, 2.24) is 15.5 Å². The predicted molar refractivity (Wildman–Crippen MR) is 91.6 cm³/mol. The third kappa shape index (κ3) is 5.11. The highest BCUT2D eigenvalue weighted by atomic mass is 35.5. The lowest BCUT2D eigenvalue weighted by Gasteiger charge is -2.31. The van der Waals surface area contributed by atoms with Crippen molar-refractivity contribution in [3.63, 3.8) is 0 Å². The van der Waals surface area contributed by atoms with E-state index in [1.165, 1.54) is 0 Å². The minimum absolute atomic E-state index is 0.159. The molecule has 1 aliphatic rings. The van der Waals surface area contributed by atoms with Crippen LogP contribution in [-0.4, -0.2) is 55.1 Å². The summed E-state index contributed by atoms with van der Waals surface area (Å²) in [7, 11) is 3.48. The molecule has 6 nitrogen and oxygen atoms in total. The molecule has 2 rings (SSSR count). The van der Waals surface area contributed by atoms with Gasteiger partial charge in [0.25, 0.3) is 0 Å². The Morgan fingerprint density at radius 1 is 1.57 bits per heavy atom. The molecule has 1 amide bonds. The van der Waals surface area contributed by atoms with Crippen molar-refractivity contribution in [2.45, 2.75) is 25.0 Å². The molecule has 0 spiro atoms. The molecule has 0 radical (unpaired) electrons. The maximum Gasteiger partial charge on any atom is 0.222 e. The van der Waals surface area contributed by atoms with E-state index >= 15 is 0 Å². The minimum atomic E-state index is -0.678. The number of amides is 1. The number of hydrogen-bond donors (Lipinski definition) is 3. The van der Waals surface area contributed by atoms with Crippen molar-refractivity contribution < 1.29 is 9.90 Å². The van der Waals surface area contributed by atoms with Gasteiger partial charge in [0.05, 0.1) is 6.10 Å². The first kappa shape index (κ1) is 17.6. The molecule has 1 saturated heterocycles. The zero-order chi connectivity index (χ0) is 16.8. The van der Waals surface area contributed by atoms with Gasteiger partial charge in [-0.15, -0.1) is 0 Å². The van der Waals surface area contributed by atoms with Crippen LogP contribution in [0.4, 0.5) is 0 Å². The highest BCUT2D eigenvalue weighted by molar-refractivity contribution is 6.30. The fourth-order valence-electron chi connectivity index (χ4n) is 2.54. The summed E-state index contributed by atoms with van der Waals surface area (Å²) in [6.45, 7) is 0.970. The van der Waals surface area contributed by atoms with Gasteiger partial charge in [-0.1, -0.05) is 23.7 Å². The molecule has 2 unspecified atom stereocenters. The first-order valence-corrected chi connectivity index (χ1v) is 8.02. The van der Waals surface area contributed by atoms with Crippen LogP contribution in [0.5, 0.6) is 0 Å². The normalized spacial score (nSPS) is 20.3. The van der Waals surface area contributed by atoms with Crippen LogP contribution in [0.3, 0.4) is 0 Å². The van der Waals surface area contributed by atoms with Crippen LogP contribution in [0.15, 0.2) is 29.3 Å². The summed E-state index contributed by atoms with van der Waals surface area (Å²) in [6.07, 6.45) is 0.639. The molecule has 23 heavy (non-hydrogen) atoms. The number of nitrogens with zero attached hydrogens (tertiary/aromatic N) is 2. The molecule has 1 fully saturated rings. The molecule has 0 saturated carbocycles. The first-order chi connectivity index (χ1) is 11.0. The van der Waals surface area contributed by atoms with Gasteiger partial charge in [-0.2, -0.15) is 0 Å². The largest absolute Gasteiger partial charge is 0.387 e. The Kier molecular flexibility index (Phi) is 6.24. The number of carbonyl (C=O) groups is 1. The molecule has 126 valence electrons. The van der Waals surface area contributed by atoms with Crippen molar-refractivity contribution in [3.8, 4) is 0 Å². The monoisotopic (exact) mass is 338 g/mol. The molecule has 3 N–H and O–H groups in total. The van der Waals surface area contributed by atoms with Gasteiger partial charge < -0.3 is 20.6 Å². The first-order valence-electron chi connectivity index (χ1n) is 7.64. The lowest BCUT2D eigenvalue weighted by Crippen LogP contribution is -2.52. The van der Waals surface area contributed by atoms with E-state index < -0.39 is 6.10 Å². The zero-order valence-corrected chi connectivity index (χ0v) is 14.2. The van der Waals surface area contributed by atoms with E-state index in [9.17, 15) is 9.90 Å². The van der Waals surface area contributed by atoms with Crippen molar-refractivity contribution in [3.05, 3.63) is 34.9 Å². The van der Waals surface area contributed by atoms with Crippen LogP contribution in [0.2, 0.25) is 5.02 Å². The average molecular weight is 339 g/mol. The number of aliphatic hydroxyl groups excluding tert-OH is 1. The fraction of sp³-hybridized carbons (Fsp3) is 0.500. The number of guanidine groups is 1. The predicted octanol–water partition coefficient (Wildman–Crippen LogP) is 1.16. The number of benzene rings is 1. The van der Waals surface area contributed by atoms with E-state index in [2.05, 4.69) is 15.6 Å². The third-order valence-corrected chi connectivity index (χ3v) is 4.12. The Labute approximate surface area is 141 Å². The topological polar surface area (TPSA) is 77.0 Å². The Hall–Kier alpha value is -1.79. The Balaban J connectivity index is 1.84. The Morgan fingerprint density at radius 2 is 2.35 bits per heavy atom. The van der Waals surface area contributed by atoms with Crippen LogP contribution >= 0.6 is 11.6 Å². The Bertz CT molecular complexity index is 579. The summed E-state index contributed by atoms with van der Waals surface area (Å²) in [4.78, 5) is 17.4. The molecule has 1 aliphatic heterocycles. The molecular weight excluding hydrogens is 316 g/mol. The smallest absolute Gasteiger partial charge is 0.222 e. The number of hydrogen-bond acceptors (Lipinski definition) is 3. The van der Waals surface area contributed by atoms with E-state index in [0.29, 0.717) is 30.5 Å². The number of aliphatic imine (C=N–C) groups is 1. The Morgan fingerprint density at radius 3 is 3.00 bits per heavy atom. The number of likely N-dealkylation sites (tertiary alicyclic amines) is 1. The summed E-state index contributed by atoms with van der Waals surface area (Å²) in [5.74, 6) is 0.779. The van der Waals surface area contributed by atoms with Gasteiger partial charge >= 0.3 is 0 Å². The summed E-state index contributed by atoms with van der Waals surface area (Å²) in [5, 5.41) is 17.2. The number of carbonyl (C=O) groups excluding carboxylic acids is 1. The lowest BCUT2D eigenvalue weighted by molar-refractivity contribution is -0.132. The summed E-state index contributed by atoms with van der Waals surface area (Å²) < 4.78 is 0. The van der Waals surface area contributed by atoms with Crippen molar-refractivity contribution >= 4 is 23.5 Å². The van der Waals surface area contributed by atoms with Crippen LogP contribution in [-0.2, 0) is 4.79 Å². The second-order valence-electron chi connectivity index (χ2n) is 5.68. The minimum Gasteiger partial charge on any atom is -0.387 e. The molecule has 2 atom stereocenters. The summed E-state index contributed by atoms with van der Waals surface area (Å²) in [5.41, 5.74) is 0.753. The van der Waals surface area contributed by atoms with Crippen LogP contribution in [0.25, 0.3) is 0 Å². The van der Waals surface area contributed by atoms with Gasteiger partial charge in [0.2, 0.25) is 5.91 Å². The van der Waals surface area contributed by atoms with Gasteiger partial charge in [0, 0.05) is 44.7 Å². The number of likely N-dealkylation sites (N-methyl/N-ethyl adjacent to an activating group) is 1. The van der Waals surface area contributed by atoms with E-state index in [4.69, 9.17) is 11.6 Å². The van der Waals surface area contributed by atoms with Crippen molar-refractivity contribution in [2.75, 3.05) is 27.2 Å². The number of halogens is 1. The van der Waals surface area contributed by atoms with E-state index in [0.717, 1.165) is 12.0 Å². The molecular formula is C16H23ClN4O2. The van der Waals surface area contributed by atoms with E-state index in [1.807, 2.05) is 12.1 Å².